The van der Waals surface area contributed by atoms with Crippen molar-refractivity contribution in [2.45, 2.75) is 38.1 Å². The maximum absolute atomic E-state index is 12.0. The van der Waals surface area contributed by atoms with Crippen LogP contribution < -0.4 is 10.6 Å². The van der Waals surface area contributed by atoms with Gasteiger partial charge in [-0.05, 0) is 39.9 Å². The first-order valence-electron chi connectivity index (χ1n) is 7.66. The Kier molecular flexibility index (Phi) is 5.92. The highest BCUT2D eigenvalue weighted by atomic mass is 16.1. The van der Waals surface area contributed by atoms with E-state index < -0.39 is 0 Å². The Balaban J connectivity index is 1.76. The predicted molar refractivity (Wildman–Crippen MR) is 83.4 cm³/mol. The molecular formula is C15H25N5O. The van der Waals surface area contributed by atoms with Gasteiger partial charge >= 0.3 is 0 Å². The number of nitrogens with one attached hydrogen (secondary N) is 2. The third-order valence-electron chi connectivity index (χ3n) is 3.67. The SMILES string of the molecule is CN(C)CCCNc1ncc(C(=O)NC2CCCC2)cn1. The molecule has 2 N–H and O–H groups in total. The second-order valence-electron chi connectivity index (χ2n) is 5.83. The van der Waals surface area contributed by atoms with Crippen molar-refractivity contribution in [3.63, 3.8) is 0 Å². The lowest BCUT2D eigenvalue weighted by Gasteiger charge is -2.12. The highest BCUT2D eigenvalue weighted by molar-refractivity contribution is 5.93. The summed E-state index contributed by atoms with van der Waals surface area (Å²) in [5.41, 5.74) is 0.528. The summed E-state index contributed by atoms with van der Waals surface area (Å²) in [6.45, 7) is 1.85. The Labute approximate surface area is 126 Å². The summed E-state index contributed by atoms with van der Waals surface area (Å²) >= 11 is 0. The molecule has 0 atom stereocenters. The Hall–Kier alpha value is -1.69. The molecule has 116 valence electrons. The number of hydrogen-bond donors (Lipinski definition) is 2. The zero-order valence-corrected chi connectivity index (χ0v) is 12.9. The zero-order chi connectivity index (χ0) is 15.1. The quantitative estimate of drug-likeness (QED) is 0.745. The maximum Gasteiger partial charge on any atom is 0.254 e. The Morgan fingerprint density at radius 2 is 1.95 bits per heavy atom. The lowest BCUT2D eigenvalue weighted by molar-refractivity contribution is 0.0937. The first kappa shape index (κ1) is 15.7. The van der Waals surface area contributed by atoms with Crippen molar-refractivity contribution in [2.75, 3.05) is 32.5 Å². The van der Waals surface area contributed by atoms with E-state index in [-0.39, 0.29) is 5.91 Å². The molecule has 1 aliphatic carbocycles. The second-order valence-corrected chi connectivity index (χ2v) is 5.83. The van der Waals surface area contributed by atoms with E-state index >= 15 is 0 Å². The van der Waals surface area contributed by atoms with Gasteiger partial charge in [-0.3, -0.25) is 4.79 Å². The summed E-state index contributed by atoms with van der Waals surface area (Å²) in [6, 6.07) is 0.321. The van der Waals surface area contributed by atoms with E-state index in [4.69, 9.17) is 0 Å². The standard InChI is InChI=1S/C15H25N5O/c1-20(2)9-5-8-16-15-17-10-12(11-18-15)14(21)19-13-6-3-4-7-13/h10-11,13H,3-9H2,1-2H3,(H,19,21)(H,16,17,18). The van der Waals surface area contributed by atoms with Crippen LogP contribution in [0.5, 0.6) is 0 Å². The molecule has 1 fully saturated rings. The molecule has 21 heavy (non-hydrogen) atoms. The van der Waals surface area contributed by atoms with Crippen molar-refractivity contribution in [1.29, 1.82) is 0 Å². The lowest BCUT2D eigenvalue weighted by Crippen LogP contribution is -2.32. The van der Waals surface area contributed by atoms with Crippen LogP contribution in [0.1, 0.15) is 42.5 Å². The molecule has 0 unspecified atom stereocenters. The molecular weight excluding hydrogens is 266 g/mol. The highest BCUT2D eigenvalue weighted by Gasteiger charge is 2.18. The predicted octanol–water partition coefficient (Wildman–Crippen LogP) is 1.51. The molecule has 1 aliphatic rings. The molecule has 0 spiro atoms. The molecule has 1 heterocycles. The van der Waals surface area contributed by atoms with Crippen LogP contribution >= 0.6 is 0 Å². The summed E-state index contributed by atoms with van der Waals surface area (Å²) in [5.74, 6) is 0.507. The van der Waals surface area contributed by atoms with Gasteiger partial charge in [-0.1, -0.05) is 12.8 Å². The number of aromatic nitrogens is 2. The number of hydrogen-bond acceptors (Lipinski definition) is 5. The van der Waals surface area contributed by atoms with Gasteiger partial charge in [0.25, 0.3) is 5.91 Å². The Morgan fingerprint density at radius 1 is 1.29 bits per heavy atom. The Bertz CT molecular complexity index is 440. The number of amides is 1. The minimum absolute atomic E-state index is 0.0685. The summed E-state index contributed by atoms with van der Waals surface area (Å²) in [5, 5.41) is 6.19. The maximum atomic E-state index is 12.0. The molecule has 1 saturated carbocycles. The van der Waals surface area contributed by atoms with Crippen LogP contribution in [-0.2, 0) is 0 Å². The first-order valence-corrected chi connectivity index (χ1v) is 7.66. The van der Waals surface area contributed by atoms with Crippen molar-refractivity contribution >= 4 is 11.9 Å². The molecule has 0 aliphatic heterocycles. The van der Waals surface area contributed by atoms with E-state index in [0.717, 1.165) is 32.4 Å². The molecule has 2 rings (SSSR count). The molecule has 1 aromatic rings. The molecule has 6 heteroatoms. The van der Waals surface area contributed by atoms with Crippen LogP contribution in [0.2, 0.25) is 0 Å². The fraction of sp³-hybridized carbons (Fsp3) is 0.667. The average Bonchev–Trinajstić information content (AvgIpc) is 2.97. The molecule has 0 bridgehead atoms. The zero-order valence-electron chi connectivity index (χ0n) is 12.9. The minimum atomic E-state index is -0.0685. The van der Waals surface area contributed by atoms with Gasteiger partial charge in [0.1, 0.15) is 0 Å². The van der Waals surface area contributed by atoms with E-state index in [1.807, 2.05) is 14.1 Å². The third kappa shape index (κ3) is 5.30. The van der Waals surface area contributed by atoms with E-state index in [9.17, 15) is 4.79 Å². The minimum Gasteiger partial charge on any atom is -0.354 e. The molecule has 1 aromatic heterocycles. The van der Waals surface area contributed by atoms with Gasteiger partial charge in [0.2, 0.25) is 5.95 Å². The monoisotopic (exact) mass is 291 g/mol. The highest BCUT2D eigenvalue weighted by Crippen LogP contribution is 2.18. The van der Waals surface area contributed by atoms with Gasteiger partial charge in [-0.2, -0.15) is 0 Å². The van der Waals surface area contributed by atoms with E-state index in [2.05, 4.69) is 25.5 Å². The normalized spacial score (nSPS) is 15.4. The molecule has 1 amide bonds. The van der Waals surface area contributed by atoms with Crippen molar-refractivity contribution in [1.82, 2.24) is 20.2 Å². The largest absolute Gasteiger partial charge is 0.354 e. The van der Waals surface area contributed by atoms with Crippen LogP contribution in [0.25, 0.3) is 0 Å². The van der Waals surface area contributed by atoms with Crippen molar-refractivity contribution in [3.05, 3.63) is 18.0 Å². The smallest absolute Gasteiger partial charge is 0.254 e. The van der Waals surface area contributed by atoms with Crippen molar-refractivity contribution in [2.24, 2.45) is 0 Å². The van der Waals surface area contributed by atoms with Crippen molar-refractivity contribution < 1.29 is 4.79 Å². The molecule has 0 saturated heterocycles. The van der Waals surface area contributed by atoms with Gasteiger partial charge in [-0.15, -0.1) is 0 Å². The first-order chi connectivity index (χ1) is 10.1. The summed E-state index contributed by atoms with van der Waals surface area (Å²) in [4.78, 5) is 22.6. The van der Waals surface area contributed by atoms with Crippen molar-refractivity contribution in [3.8, 4) is 0 Å². The lowest BCUT2D eigenvalue weighted by atomic mass is 10.2. The summed E-state index contributed by atoms with van der Waals surface area (Å²) in [6.07, 6.45) is 8.78. The third-order valence-corrected chi connectivity index (χ3v) is 3.67. The van der Waals surface area contributed by atoms with Gasteiger partial charge < -0.3 is 15.5 Å². The fourth-order valence-electron chi connectivity index (χ4n) is 2.47. The molecule has 6 nitrogen and oxygen atoms in total. The molecule has 0 radical (unpaired) electrons. The van der Waals surface area contributed by atoms with E-state index in [0.29, 0.717) is 17.6 Å². The number of carbonyl (C=O) groups is 1. The second kappa shape index (κ2) is 7.93. The van der Waals surface area contributed by atoms with Gasteiger partial charge in [0, 0.05) is 25.0 Å². The topological polar surface area (TPSA) is 70.2 Å². The van der Waals surface area contributed by atoms with E-state index in [1.165, 1.54) is 12.8 Å². The van der Waals surface area contributed by atoms with Crippen LogP contribution in [0.15, 0.2) is 12.4 Å². The Morgan fingerprint density at radius 3 is 2.57 bits per heavy atom. The van der Waals surface area contributed by atoms with Gasteiger partial charge in [0.15, 0.2) is 0 Å². The fourth-order valence-corrected chi connectivity index (χ4v) is 2.47. The number of rotatable bonds is 7. The number of carbonyl (C=O) groups excluding carboxylic acids is 1. The van der Waals surface area contributed by atoms with Crippen LogP contribution in [0.4, 0.5) is 5.95 Å². The summed E-state index contributed by atoms with van der Waals surface area (Å²) < 4.78 is 0. The van der Waals surface area contributed by atoms with Crippen LogP contribution in [0, 0.1) is 0 Å². The summed E-state index contributed by atoms with van der Waals surface area (Å²) in [7, 11) is 4.10. The average molecular weight is 291 g/mol. The van der Waals surface area contributed by atoms with Gasteiger partial charge in [0.05, 0.1) is 5.56 Å². The van der Waals surface area contributed by atoms with Crippen LogP contribution in [0.3, 0.4) is 0 Å². The van der Waals surface area contributed by atoms with Crippen LogP contribution in [-0.4, -0.2) is 54.0 Å². The van der Waals surface area contributed by atoms with E-state index in [1.54, 1.807) is 12.4 Å². The van der Waals surface area contributed by atoms with Gasteiger partial charge in [-0.25, -0.2) is 9.97 Å². The number of nitrogens with zero attached hydrogens (tertiary/aromatic N) is 3. The number of anilines is 1. The molecule has 0 aromatic carbocycles.